The Labute approximate surface area is 202 Å². The molecule has 1 fully saturated rings. The highest BCUT2D eigenvalue weighted by molar-refractivity contribution is 6.31. The van der Waals surface area contributed by atoms with Crippen LogP contribution in [0.3, 0.4) is 0 Å². The number of carbonyl (C=O) groups is 2. The van der Waals surface area contributed by atoms with Gasteiger partial charge in [0, 0.05) is 10.6 Å². The van der Waals surface area contributed by atoms with E-state index >= 15 is 0 Å². The molecule has 1 aliphatic heterocycles. The summed E-state index contributed by atoms with van der Waals surface area (Å²) in [4.78, 5) is 27.6. The highest BCUT2D eigenvalue weighted by atomic mass is 35.5. The lowest BCUT2D eigenvalue weighted by Gasteiger charge is -2.30. The van der Waals surface area contributed by atoms with Crippen LogP contribution in [-0.4, -0.2) is 29.9 Å². The second-order valence-electron chi connectivity index (χ2n) is 7.93. The Bertz CT molecular complexity index is 1340. The summed E-state index contributed by atoms with van der Waals surface area (Å²) in [5.41, 5.74) is 3.38. The summed E-state index contributed by atoms with van der Waals surface area (Å²) in [6.45, 7) is 0. The first-order chi connectivity index (χ1) is 16.5. The van der Waals surface area contributed by atoms with Crippen molar-refractivity contribution in [2.75, 3.05) is 7.11 Å². The van der Waals surface area contributed by atoms with Gasteiger partial charge >= 0.3 is 5.97 Å². The second-order valence-corrected chi connectivity index (χ2v) is 8.33. The Morgan fingerprint density at radius 1 is 0.941 bits per heavy atom. The molecule has 1 heterocycles. The molecule has 3 aromatic rings. The number of hydrogen-bond donors (Lipinski definition) is 0. The largest absolute Gasteiger partial charge is 0.467 e. The van der Waals surface area contributed by atoms with Gasteiger partial charge in [0.15, 0.2) is 0 Å². The van der Waals surface area contributed by atoms with Gasteiger partial charge in [-0.3, -0.25) is 4.79 Å². The normalized spacial score (nSPS) is 17.0. The van der Waals surface area contributed by atoms with Crippen LogP contribution < -0.4 is 0 Å². The maximum Gasteiger partial charge on any atom is 0.328 e. The molecule has 1 saturated heterocycles. The van der Waals surface area contributed by atoms with Crippen molar-refractivity contribution in [1.29, 1.82) is 10.5 Å². The van der Waals surface area contributed by atoms with Gasteiger partial charge in [-0.2, -0.15) is 10.5 Å². The maximum atomic E-state index is 13.6. The van der Waals surface area contributed by atoms with Gasteiger partial charge in [0.2, 0.25) is 0 Å². The van der Waals surface area contributed by atoms with E-state index in [1.165, 1.54) is 7.11 Å². The van der Waals surface area contributed by atoms with Crippen LogP contribution in [0.5, 0.6) is 0 Å². The first-order valence-corrected chi connectivity index (χ1v) is 11.1. The Morgan fingerprint density at radius 3 is 2.26 bits per heavy atom. The van der Waals surface area contributed by atoms with Crippen molar-refractivity contribution >= 4 is 23.5 Å². The van der Waals surface area contributed by atoms with Crippen LogP contribution in [0.25, 0.3) is 11.1 Å². The fraction of sp³-hybridized carbons (Fsp3) is 0.185. The number of carbonyl (C=O) groups excluding carboxylic acids is 2. The van der Waals surface area contributed by atoms with Gasteiger partial charge in [-0.1, -0.05) is 48.0 Å². The zero-order valence-electron chi connectivity index (χ0n) is 18.4. The molecule has 4 rings (SSSR count). The SMILES string of the molecule is COC(=O)[C@@H]1CC[C@H](c2ccccc2Cl)N1C(=O)c1ccc(-c2ccc(C#N)c(C#N)c2)cc1. The molecule has 1 aliphatic rings. The number of halogens is 1. The molecule has 0 radical (unpaired) electrons. The van der Waals surface area contributed by atoms with Gasteiger partial charge in [-0.05, 0) is 59.9 Å². The molecule has 0 aliphatic carbocycles. The smallest absolute Gasteiger partial charge is 0.328 e. The van der Waals surface area contributed by atoms with Crippen molar-refractivity contribution in [3.63, 3.8) is 0 Å². The van der Waals surface area contributed by atoms with Gasteiger partial charge in [0.05, 0.1) is 24.3 Å². The van der Waals surface area contributed by atoms with Crippen molar-refractivity contribution in [3.05, 3.63) is 94.0 Å². The van der Waals surface area contributed by atoms with Crippen molar-refractivity contribution in [2.45, 2.75) is 24.9 Å². The van der Waals surface area contributed by atoms with Crippen molar-refractivity contribution in [3.8, 4) is 23.3 Å². The van der Waals surface area contributed by atoms with Gasteiger partial charge in [0.25, 0.3) is 5.91 Å². The molecule has 3 aromatic carbocycles. The quantitative estimate of drug-likeness (QED) is 0.485. The summed E-state index contributed by atoms with van der Waals surface area (Å²) in [7, 11) is 1.32. The molecule has 0 spiro atoms. The van der Waals surface area contributed by atoms with Crippen molar-refractivity contribution in [2.24, 2.45) is 0 Å². The number of hydrogen-bond acceptors (Lipinski definition) is 5. The maximum absolute atomic E-state index is 13.6. The number of methoxy groups -OCH3 is 1. The molecular weight excluding hydrogens is 450 g/mol. The van der Waals surface area contributed by atoms with Crippen LogP contribution >= 0.6 is 11.6 Å². The lowest BCUT2D eigenvalue weighted by molar-refractivity contribution is -0.145. The number of rotatable bonds is 4. The summed E-state index contributed by atoms with van der Waals surface area (Å²) in [5.74, 6) is -0.747. The Balaban J connectivity index is 1.67. The molecule has 6 nitrogen and oxygen atoms in total. The molecule has 0 N–H and O–H groups in total. The van der Waals surface area contributed by atoms with E-state index < -0.39 is 12.0 Å². The third-order valence-corrected chi connectivity index (χ3v) is 6.43. The third-order valence-electron chi connectivity index (χ3n) is 6.08. The molecule has 0 aromatic heterocycles. The van der Waals surface area contributed by atoms with E-state index in [4.69, 9.17) is 21.6 Å². The lowest BCUT2D eigenvalue weighted by atomic mass is 9.98. The Kier molecular flexibility index (Phi) is 6.63. The fourth-order valence-electron chi connectivity index (χ4n) is 4.38. The van der Waals surface area contributed by atoms with E-state index in [-0.39, 0.29) is 11.9 Å². The van der Waals surface area contributed by atoms with Gasteiger partial charge in [-0.25, -0.2) is 4.79 Å². The molecule has 34 heavy (non-hydrogen) atoms. The number of nitrogens with zero attached hydrogens (tertiary/aromatic N) is 3. The molecule has 7 heteroatoms. The number of amides is 1. The molecule has 0 unspecified atom stereocenters. The van der Waals surface area contributed by atoms with Crippen molar-refractivity contribution in [1.82, 2.24) is 4.90 Å². The van der Waals surface area contributed by atoms with Crippen LogP contribution in [-0.2, 0) is 9.53 Å². The number of ether oxygens (including phenoxy) is 1. The minimum atomic E-state index is -0.699. The number of nitriles is 2. The minimum Gasteiger partial charge on any atom is -0.467 e. The van der Waals surface area contributed by atoms with E-state index in [0.29, 0.717) is 34.6 Å². The number of benzene rings is 3. The third kappa shape index (κ3) is 4.24. The second kappa shape index (κ2) is 9.79. The van der Waals surface area contributed by atoms with Gasteiger partial charge in [0.1, 0.15) is 18.2 Å². The topological polar surface area (TPSA) is 94.2 Å². The Hall–Kier alpha value is -4.13. The van der Waals surface area contributed by atoms with Crippen LogP contribution in [0.1, 0.15) is 45.9 Å². The highest BCUT2D eigenvalue weighted by Gasteiger charge is 2.43. The van der Waals surface area contributed by atoms with E-state index in [9.17, 15) is 14.9 Å². The van der Waals surface area contributed by atoms with Gasteiger partial charge < -0.3 is 9.64 Å². The van der Waals surface area contributed by atoms with Crippen LogP contribution in [0.15, 0.2) is 66.7 Å². The summed E-state index contributed by atoms with van der Waals surface area (Å²) in [6, 6.07) is 22.3. The molecule has 0 bridgehead atoms. The predicted molar refractivity (Wildman–Crippen MR) is 127 cm³/mol. The minimum absolute atomic E-state index is 0.290. The Morgan fingerprint density at radius 2 is 1.62 bits per heavy atom. The van der Waals surface area contributed by atoms with E-state index in [2.05, 4.69) is 0 Å². The molecule has 2 atom stereocenters. The summed E-state index contributed by atoms with van der Waals surface area (Å²) < 4.78 is 4.97. The summed E-state index contributed by atoms with van der Waals surface area (Å²) in [5, 5.41) is 19.0. The first kappa shape index (κ1) is 23.0. The standard InChI is InChI=1S/C27H20ClN3O3/c1-34-27(33)25-13-12-24(22-4-2-3-5-23(22)28)31(25)26(32)18-8-6-17(7-9-18)19-10-11-20(15-29)21(14-19)16-30/h2-11,14,24-25H,12-13H2,1H3/t24-,25+/m1/s1. The average Bonchev–Trinajstić information content (AvgIpc) is 3.32. The van der Waals surface area contributed by atoms with Crippen LogP contribution in [0.2, 0.25) is 5.02 Å². The van der Waals surface area contributed by atoms with E-state index in [1.807, 2.05) is 30.3 Å². The van der Waals surface area contributed by atoms with E-state index in [0.717, 1.165) is 16.7 Å². The summed E-state index contributed by atoms with van der Waals surface area (Å²) in [6.07, 6.45) is 1.07. The zero-order chi connectivity index (χ0) is 24.2. The molecule has 1 amide bonds. The molecule has 168 valence electrons. The molecular formula is C27H20ClN3O3. The molecule has 0 saturated carbocycles. The highest BCUT2D eigenvalue weighted by Crippen LogP contribution is 2.40. The predicted octanol–water partition coefficient (Wildman–Crippen LogP) is 5.27. The average molecular weight is 470 g/mol. The monoisotopic (exact) mass is 469 g/mol. The zero-order valence-corrected chi connectivity index (χ0v) is 19.1. The number of esters is 1. The van der Waals surface area contributed by atoms with Crippen LogP contribution in [0, 0.1) is 22.7 Å². The van der Waals surface area contributed by atoms with Crippen LogP contribution in [0.4, 0.5) is 0 Å². The van der Waals surface area contributed by atoms with Crippen molar-refractivity contribution < 1.29 is 14.3 Å². The first-order valence-electron chi connectivity index (χ1n) is 10.7. The fourth-order valence-corrected chi connectivity index (χ4v) is 4.64. The number of likely N-dealkylation sites (tertiary alicyclic amines) is 1. The van der Waals surface area contributed by atoms with E-state index in [1.54, 1.807) is 53.4 Å². The lowest BCUT2D eigenvalue weighted by Crippen LogP contribution is -2.42. The summed E-state index contributed by atoms with van der Waals surface area (Å²) >= 11 is 6.42. The van der Waals surface area contributed by atoms with Gasteiger partial charge in [-0.15, -0.1) is 0 Å².